The second-order valence-corrected chi connectivity index (χ2v) is 4.69. The molecular formula is C12H24N2O. The fourth-order valence-corrected chi connectivity index (χ4v) is 1.71. The largest absolute Gasteiger partial charge is 0.371 e. The van der Waals surface area contributed by atoms with Crippen LogP contribution < -0.4 is 0 Å². The molecule has 0 aromatic carbocycles. The SMILES string of the molecule is CC.CC1CC(OC(C)(C)C)CN1C#N. The van der Waals surface area contributed by atoms with Crippen molar-refractivity contribution in [1.29, 1.82) is 5.26 Å². The van der Waals surface area contributed by atoms with Gasteiger partial charge >= 0.3 is 0 Å². The van der Waals surface area contributed by atoms with Gasteiger partial charge in [-0.3, -0.25) is 0 Å². The van der Waals surface area contributed by atoms with Gasteiger partial charge in [-0.25, -0.2) is 0 Å². The Hall–Kier alpha value is -0.750. The molecule has 88 valence electrons. The molecule has 0 aliphatic carbocycles. The molecule has 1 heterocycles. The normalized spacial score (nSPS) is 25.5. The summed E-state index contributed by atoms with van der Waals surface area (Å²) in [6.45, 7) is 13.0. The van der Waals surface area contributed by atoms with Gasteiger partial charge in [0.1, 0.15) is 0 Å². The number of likely N-dealkylation sites (tertiary alicyclic amines) is 1. The third-order valence-corrected chi connectivity index (χ3v) is 2.19. The van der Waals surface area contributed by atoms with E-state index in [-0.39, 0.29) is 11.7 Å². The molecule has 2 atom stereocenters. The van der Waals surface area contributed by atoms with E-state index in [1.54, 1.807) is 4.90 Å². The predicted octanol–water partition coefficient (Wildman–Crippen LogP) is 2.77. The summed E-state index contributed by atoms with van der Waals surface area (Å²) >= 11 is 0. The Morgan fingerprint density at radius 1 is 1.33 bits per heavy atom. The summed E-state index contributed by atoms with van der Waals surface area (Å²) in [4.78, 5) is 1.79. The van der Waals surface area contributed by atoms with Gasteiger partial charge in [0.05, 0.1) is 18.2 Å². The van der Waals surface area contributed by atoms with Crippen molar-refractivity contribution in [2.75, 3.05) is 6.54 Å². The Kier molecular flexibility index (Phi) is 5.67. The van der Waals surface area contributed by atoms with Crippen molar-refractivity contribution in [3.8, 4) is 6.19 Å². The van der Waals surface area contributed by atoms with Gasteiger partial charge in [-0.1, -0.05) is 13.8 Å². The van der Waals surface area contributed by atoms with Gasteiger partial charge in [-0.15, -0.1) is 0 Å². The molecule has 3 heteroatoms. The highest BCUT2D eigenvalue weighted by atomic mass is 16.5. The van der Waals surface area contributed by atoms with Crippen molar-refractivity contribution in [3.05, 3.63) is 0 Å². The van der Waals surface area contributed by atoms with Crippen molar-refractivity contribution in [2.45, 2.75) is 65.7 Å². The lowest BCUT2D eigenvalue weighted by Crippen LogP contribution is -2.29. The van der Waals surface area contributed by atoms with Gasteiger partial charge in [0.2, 0.25) is 0 Å². The summed E-state index contributed by atoms with van der Waals surface area (Å²) in [6, 6.07) is 0.331. The predicted molar refractivity (Wildman–Crippen MR) is 62.4 cm³/mol. The second kappa shape index (κ2) is 5.97. The zero-order chi connectivity index (χ0) is 12.1. The first-order chi connectivity index (χ1) is 6.92. The smallest absolute Gasteiger partial charge is 0.179 e. The van der Waals surface area contributed by atoms with Crippen LogP contribution in [0.5, 0.6) is 0 Å². The van der Waals surface area contributed by atoms with E-state index in [1.807, 2.05) is 34.6 Å². The Labute approximate surface area is 94.0 Å². The molecule has 3 nitrogen and oxygen atoms in total. The maximum absolute atomic E-state index is 8.77. The lowest BCUT2D eigenvalue weighted by molar-refractivity contribution is -0.0528. The van der Waals surface area contributed by atoms with Gasteiger partial charge in [0, 0.05) is 6.04 Å². The fraction of sp³-hybridized carbons (Fsp3) is 0.917. The maximum Gasteiger partial charge on any atom is 0.179 e. The molecule has 0 spiro atoms. The molecule has 0 N–H and O–H groups in total. The molecule has 1 aliphatic heterocycles. The van der Waals surface area contributed by atoms with Crippen LogP contribution in [0.2, 0.25) is 0 Å². The molecule has 0 radical (unpaired) electrons. The van der Waals surface area contributed by atoms with Crippen LogP contribution in [0, 0.1) is 11.5 Å². The van der Waals surface area contributed by atoms with Crippen molar-refractivity contribution in [2.24, 2.45) is 0 Å². The Balaban J connectivity index is 0.000000921. The van der Waals surface area contributed by atoms with Gasteiger partial charge in [0.15, 0.2) is 6.19 Å². The molecule has 15 heavy (non-hydrogen) atoms. The number of nitriles is 1. The molecule has 0 aromatic rings. The molecule has 0 amide bonds. The van der Waals surface area contributed by atoms with Crippen LogP contribution in [0.25, 0.3) is 0 Å². The molecule has 0 bridgehead atoms. The van der Waals surface area contributed by atoms with Crippen LogP contribution >= 0.6 is 0 Å². The number of nitrogens with zero attached hydrogens (tertiary/aromatic N) is 2. The minimum absolute atomic E-state index is 0.101. The minimum atomic E-state index is -0.101. The summed E-state index contributed by atoms with van der Waals surface area (Å²) in [5, 5.41) is 8.77. The second-order valence-electron chi connectivity index (χ2n) is 4.69. The summed E-state index contributed by atoms with van der Waals surface area (Å²) < 4.78 is 5.81. The van der Waals surface area contributed by atoms with E-state index >= 15 is 0 Å². The molecule has 0 aromatic heterocycles. The molecule has 2 unspecified atom stereocenters. The van der Waals surface area contributed by atoms with Gasteiger partial charge < -0.3 is 9.64 Å². The van der Waals surface area contributed by atoms with Crippen LogP contribution in [-0.4, -0.2) is 29.2 Å². The van der Waals surface area contributed by atoms with Crippen LogP contribution in [0.15, 0.2) is 0 Å². The van der Waals surface area contributed by atoms with E-state index in [4.69, 9.17) is 10.00 Å². The Bertz CT molecular complexity index is 215. The lowest BCUT2D eigenvalue weighted by Gasteiger charge is -2.24. The van der Waals surface area contributed by atoms with Crippen molar-refractivity contribution < 1.29 is 4.74 Å². The van der Waals surface area contributed by atoms with E-state index in [0.717, 1.165) is 13.0 Å². The Morgan fingerprint density at radius 2 is 1.87 bits per heavy atom. The third kappa shape index (κ3) is 5.03. The average Bonchev–Trinajstić information content (AvgIpc) is 2.46. The summed E-state index contributed by atoms with van der Waals surface area (Å²) in [6.07, 6.45) is 3.36. The number of ether oxygens (including phenoxy) is 1. The lowest BCUT2D eigenvalue weighted by atomic mass is 10.1. The van der Waals surface area contributed by atoms with Crippen LogP contribution in [0.4, 0.5) is 0 Å². The van der Waals surface area contributed by atoms with Crippen LogP contribution in [-0.2, 0) is 4.74 Å². The van der Waals surface area contributed by atoms with Crippen molar-refractivity contribution in [1.82, 2.24) is 4.90 Å². The molecule has 1 saturated heterocycles. The number of hydrogen-bond donors (Lipinski definition) is 0. The maximum atomic E-state index is 8.77. The molecule has 0 saturated carbocycles. The van der Waals surface area contributed by atoms with Gasteiger partial charge in [-0.2, -0.15) is 5.26 Å². The highest BCUT2D eigenvalue weighted by Gasteiger charge is 2.31. The third-order valence-electron chi connectivity index (χ3n) is 2.19. The topological polar surface area (TPSA) is 36.3 Å². The summed E-state index contributed by atoms with van der Waals surface area (Å²) in [5.74, 6) is 0. The molecule has 1 aliphatic rings. The monoisotopic (exact) mass is 212 g/mol. The minimum Gasteiger partial charge on any atom is -0.371 e. The standard InChI is InChI=1S/C10H18N2O.C2H6/c1-8-5-9(6-12(8)7-11)13-10(2,3)4;1-2/h8-9H,5-6H2,1-4H3;1-2H3. The first-order valence-corrected chi connectivity index (χ1v) is 5.76. The highest BCUT2D eigenvalue weighted by Crippen LogP contribution is 2.23. The Morgan fingerprint density at radius 3 is 2.20 bits per heavy atom. The van der Waals surface area contributed by atoms with Crippen LogP contribution in [0.3, 0.4) is 0 Å². The number of rotatable bonds is 1. The van der Waals surface area contributed by atoms with E-state index < -0.39 is 0 Å². The average molecular weight is 212 g/mol. The van der Waals surface area contributed by atoms with E-state index in [2.05, 4.69) is 13.1 Å². The zero-order valence-corrected chi connectivity index (χ0v) is 10.9. The molecule has 1 fully saturated rings. The molecule has 1 rings (SSSR count). The van der Waals surface area contributed by atoms with Crippen molar-refractivity contribution >= 4 is 0 Å². The fourth-order valence-electron chi connectivity index (χ4n) is 1.71. The molecular weight excluding hydrogens is 188 g/mol. The summed E-state index contributed by atoms with van der Waals surface area (Å²) in [5.41, 5.74) is -0.101. The number of hydrogen-bond acceptors (Lipinski definition) is 3. The first kappa shape index (κ1) is 14.2. The zero-order valence-electron chi connectivity index (χ0n) is 10.9. The van der Waals surface area contributed by atoms with Gasteiger partial charge in [0.25, 0.3) is 0 Å². The van der Waals surface area contributed by atoms with E-state index in [0.29, 0.717) is 6.04 Å². The quantitative estimate of drug-likeness (QED) is 0.627. The highest BCUT2D eigenvalue weighted by molar-refractivity contribution is 4.91. The van der Waals surface area contributed by atoms with Crippen molar-refractivity contribution in [3.63, 3.8) is 0 Å². The van der Waals surface area contributed by atoms with Gasteiger partial charge in [-0.05, 0) is 34.1 Å². The van der Waals surface area contributed by atoms with Crippen LogP contribution in [0.1, 0.15) is 48.0 Å². The van der Waals surface area contributed by atoms with E-state index in [1.165, 1.54) is 0 Å². The van der Waals surface area contributed by atoms with E-state index in [9.17, 15) is 0 Å². The first-order valence-electron chi connectivity index (χ1n) is 5.76. The summed E-state index contributed by atoms with van der Waals surface area (Å²) in [7, 11) is 0.